The van der Waals surface area contributed by atoms with Gasteiger partial charge in [0.15, 0.2) is 11.5 Å². The Labute approximate surface area is 126 Å². The van der Waals surface area contributed by atoms with Gasteiger partial charge in [0, 0.05) is 25.3 Å². The van der Waals surface area contributed by atoms with Crippen LogP contribution in [-0.2, 0) is 11.3 Å². The van der Waals surface area contributed by atoms with E-state index in [1.807, 2.05) is 18.2 Å². The topological polar surface area (TPSA) is 60.0 Å². The van der Waals surface area contributed by atoms with E-state index in [0.29, 0.717) is 13.2 Å². The smallest absolute Gasteiger partial charge is 0.165 e. The molecule has 0 aromatic heterocycles. The largest absolute Gasteiger partial charge is 0.493 e. The lowest BCUT2D eigenvalue weighted by molar-refractivity contribution is 0.0666. The molecule has 0 bridgehead atoms. The summed E-state index contributed by atoms with van der Waals surface area (Å²) in [5.74, 6) is 1.53. The zero-order chi connectivity index (χ0) is 14.9. The summed E-state index contributed by atoms with van der Waals surface area (Å²) >= 11 is 0. The summed E-state index contributed by atoms with van der Waals surface area (Å²) in [6.07, 6.45) is 3.09. The molecule has 1 aromatic rings. The molecular weight excluding hydrogens is 270 g/mol. The fourth-order valence-electron chi connectivity index (χ4n) is 2.40. The van der Waals surface area contributed by atoms with Gasteiger partial charge in [-0.25, -0.2) is 0 Å². The molecule has 5 heteroatoms. The Hall–Kier alpha value is -1.30. The Kier molecular flexibility index (Phi) is 6.79. The number of hydrogen-bond acceptors (Lipinski definition) is 5. The maximum atomic E-state index is 8.81. The number of nitrogens with one attached hydrogen (secondary N) is 1. The third-order valence-corrected chi connectivity index (χ3v) is 3.55. The van der Waals surface area contributed by atoms with E-state index in [0.717, 1.165) is 49.5 Å². The van der Waals surface area contributed by atoms with Crippen molar-refractivity contribution < 1.29 is 19.3 Å². The second-order valence-corrected chi connectivity index (χ2v) is 5.15. The van der Waals surface area contributed by atoms with Crippen molar-refractivity contribution in [1.82, 2.24) is 5.32 Å². The Morgan fingerprint density at radius 3 is 3.05 bits per heavy atom. The fourth-order valence-corrected chi connectivity index (χ4v) is 2.40. The van der Waals surface area contributed by atoms with E-state index in [2.05, 4.69) is 5.32 Å². The molecule has 1 fully saturated rings. The highest BCUT2D eigenvalue weighted by Crippen LogP contribution is 2.31. The number of aliphatic hydroxyl groups is 1. The van der Waals surface area contributed by atoms with Crippen molar-refractivity contribution in [2.75, 3.05) is 33.5 Å². The molecule has 1 aliphatic heterocycles. The highest BCUT2D eigenvalue weighted by Gasteiger charge is 2.18. The highest BCUT2D eigenvalue weighted by molar-refractivity contribution is 5.46. The lowest BCUT2D eigenvalue weighted by Crippen LogP contribution is -2.19. The minimum Gasteiger partial charge on any atom is -0.493 e. The van der Waals surface area contributed by atoms with Gasteiger partial charge in [0.25, 0.3) is 0 Å². The third-order valence-electron chi connectivity index (χ3n) is 3.55. The predicted molar refractivity (Wildman–Crippen MR) is 80.9 cm³/mol. The van der Waals surface area contributed by atoms with E-state index in [9.17, 15) is 0 Å². The first-order valence-corrected chi connectivity index (χ1v) is 7.57. The average molecular weight is 295 g/mol. The minimum absolute atomic E-state index is 0.185. The van der Waals surface area contributed by atoms with Gasteiger partial charge in [0.05, 0.1) is 13.2 Å². The van der Waals surface area contributed by atoms with E-state index in [1.54, 1.807) is 7.11 Å². The van der Waals surface area contributed by atoms with Crippen LogP contribution < -0.4 is 14.8 Å². The molecule has 118 valence electrons. The Morgan fingerprint density at radius 1 is 1.43 bits per heavy atom. The molecule has 21 heavy (non-hydrogen) atoms. The number of ether oxygens (including phenoxy) is 3. The van der Waals surface area contributed by atoms with Crippen molar-refractivity contribution in [3.63, 3.8) is 0 Å². The van der Waals surface area contributed by atoms with E-state index < -0.39 is 0 Å². The predicted octanol–water partition coefficient (Wildman–Crippen LogP) is 1.72. The van der Waals surface area contributed by atoms with Crippen LogP contribution in [0.5, 0.6) is 11.5 Å². The molecule has 0 amide bonds. The number of para-hydroxylation sites is 1. The number of rotatable bonds is 9. The minimum atomic E-state index is 0.185. The zero-order valence-electron chi connectivity index (χ0n) is 12.6. The van der Waals surface area contributed by atoms with Gasteiger partial charge in [-0.05, 0) is 31.9 Å². The van der Waals surface area contributed by atoms with Gasteiger partial charge >= 0.3 is 0 Å². The van der Waals surface area contributed by atoms with Crippen LogP contribution in [0.3, 0.4) is 0 Å². The standard InChI is InChI=1S/C16H25NO4/c1-19-15-7-2-5-13(11-17-8-4-9-18)16(15)21-12-14-6-3-10-20-14/h2,5,7,14,17-18H,3-4,6,8-12H2,1H3. The van der Waals surface area contributed by atoms with Gasteiger partial charge in [-0.3, -0.25) is 0 Å². The lowest BCUT2D eigenvalue weighted by atomic mass is 10.1. The van der Waals surface area contributed by atoms with Crippen LogP contribution in [-0.4, -0.2) is 44.7 Å². The van der Waals surface area contributed by atoms with Gasteiger partial charge < -0.3 is 24.6 Å². The van der Waals surface area contributed by atoms with E-state index in [4.69, 9.17) is 19.3 Å². The van der Waals surface area contributed by atoms with Crippen LogP contribution in [0.2, 0.25) is 0 Å². The Morgan fingerprint density at radius 2 is 2.33 bits per heavy atom. The molecule has 1 unspecified atom stereocenters. The summed E-state index contributed by atoms with van der Waals surface area (Å²) in [6.45, 7) is 3.06. The molecule has 2 N–H and O–H groups in total. The SMILES string of the molecule is COc1cccc(CNCCCO)c1OCC1CCCO1. The van der Waals surface area contributed by atoms with E-state index in [1.165, 1.54) is 0 Å². The summed E-state index contributed by atoms with van der Waals surface area (Å²) < 4.78 is 16.9. The molecule has 1 atom stereocenters. The fraction of sp³-hybridized carbons (Fsp3) is 0.625. The first kappa shape index (κ1) is 16.1. The Balaban J connectivity index is 1.97. The van der Waals surface area contributed by atoms with Crippen molar-refractivity contribution in [3.8, 4) is 11.5 Å². The van der Waals surface area contributed by atoms with Crippen LogP contribution >= 0.6 is 0 Å². The molecule has 1 aromatic carbocycles. The molecule has 0 saturated carbocycles. The second-order valence-electron chi connectivity index (χ2n) is 5.15. The maximum absolute atomic E-state index is 8.81. The number of hydrogen-bond donors (Lipinski definition) is 2. The van der Waals surface area contributed by atoms with Crippen molar-refractivity contribution >= 4 is 0 Å². The number of methoxy groups -OCH3 is 1. The third kappa shape index (κ3) is 4.88. The highest BCUT2D eigenvalue weighted by atomic mass is 16.5. The monoisotopic (exact) mass is 295 g/mol. The Bertz CT molecular complexity index is 419. The van der Waals surface area contributed by atoms with Crippen molar-refractivity contribution in [1.29, 1.82) is 0 Å². The summed E-state index contributed by atoms with van der Waals surface area (Å²) in [5.41, 5.74) is 1.06. The molecule has 0 radical (unpaired) electrons. The van der Waals surface area contributed by atoms with Crippen molar-refractivity contribution in [3.05, 3.63) is 23.8 Å². The molecule has 1 heterocycles. The first-order valence-electron chi connectivity index (χ1n) is 7.57. The zero-order valence-corrected chi connectivity index (χ0v) is 12.6. The summed E-state index contributed by atoms with van der Waals surface area (Å²) in [7, 11) is 1.65. The molecular formula is C16H25NO4. The van der Waals surface area contributed by atoms with Gasteiger partial charge in [-0.1, -0.05) is 12.1 Å². The summed E-state index contributed by atoms with van der Waals surface area (Å²) in [4.78, 5) is 0. The molecule has 2 rings (SSSR count). The van der Waals surface area contributed by atoms with Crippen molar-refractivity contribution in [2.45, 2.75) is 31.9 Å². The van der Waals surface area contributed by atoms with Crippen LogP contribution in [0.1, 0.15) is 24.8 Å². The van der Waals surface area contributed by atoms with E-state index in [-0.39, 0.29) is 12.7 Å². The number of benzene rings is 1. The van der Waals surface area contributed by atoms with Gasteiger partial charge in [0.1, 0.15) is 6.61 Å². The average Bonchev–Trinajstić information content (AvgIpc) is 3.03. The number of aliphatic hydroxyl groups excluding tert-OH is 1. The van der Waals surface area contributed by atoms with Crippen LogP contribution in [0, 0.1) is 0 Å². The van der Waals surface area contributed by atoms with E-state index >= 15 is 0 Å². The van der Waals surface area contributed by atoms with Crippen LogP contribution in [0.25, 0.3) is 0 Å². The van der Waals surface area contributed by atoms with Gasteiger partial charge in [-0.15, -0.1) is 0 Å². The van der Waals surface area contributed by atoms with Gasteiger partial charge in [0.2, 0.25) is 0 Å². The maximum Gasteiger partial charge on any atom is 0.165 e. The molecule has 5 nitrogen and oxygen atoms in total. The normalized spacial score (nSPS) is 17.9. The summed E-state index contributed by atoms with van der Waals surface area (Å²) in [5, 5.41) is 12.1. The second kappa shape index (κ2) is 8.87. The van der Waals surface area contributed by atoms with Crippen LogP contribution in [0.15, 0.2) is 18.2 Å². The molecule has 0 aliphatic carbocycles. The quantitative estimate of drug-likeness (QED) is 0.679. The molecule has 1 aliphatic rings. The summed E-state index contributed by atoms with van der Waals surface area (Å²) in [6, 6.07) is 5.89. The van der Waals surface area contributed by atoms with Crippen molar-refractivity contribution in [2.24, 2.45) is 0 Å². The van der Waals surface area contributed by atoms with Gasteiger partial charge in [-0.2, -0.15) is 0 Å². The molecule has 1 saturated heterocycles. The molecule has 0 spiro atoms. The lowest BCUT2D eigenvalue weighted by Gasteiger charge is -2.17. The first-order chi connectivity index (χ1) is 10.3. The van der Waals surface area contributed by atoms with Crippen LogP contribution in [0.4, 0.5) is 0 Å².